The van der Waals surface area contributed by atoms with E-state index in [2.05, 4.69) is 21.8 Å². The number of nitrogens with two attached hydrogens (primary N) is 1. The summed E-state index contributed by atoms with van der Waals surface area (Å²) >= 11 is 1.06. The number of anilines is 1. The number of H-pyrrole nitrogens is 1. The largest absolute Gasteiger partial charge is 0.384 e. The van der Waals surface area contributed by atoms with Crippen LogP contribution in [0.1, 0.15) is 10.4 Å². The second kappa shape index (κ2) is 8.27. The number of hydrogen-bond acceptors (Lipinski definition) is 7. The van der Waals surface area contributed by atoms with Crippen LogP contribution >= 0.6 is 11.8 Å². The zero-order chi connectivity index (χ0) is 21.1. The van der Waals surface area contributed by atoms with Gasteiger partial charge in [0.2, 0.25) is 0 Å². The Morgan fingerprint density at radius 1 is 1.31 bits per heavy atom. The normalized spacial score (nSPS) is 10.8. The Bertz CT molecular complexity index is 1200. The van der Waals surface area contributed by atoms with Crippen LogP contribution in [0.4, 0.5) is 10.2 Å². The van der Waals surface area contributed by atoms with Crippen LogP contribution < -0.4 is 17.0 Å². The van der Waals surface area contributed by atoms with Crippen molar-refractivity contribution in [3.63, 3.8) is 0 Å². The fraction of sp³-hybridized carbons (Fsp3) is 0.167. The summed E-state index contributed by atoms with van der Waals surface area (Å²) in [6, 6.07) is 5.77. The number of hydrogen-bond donors (Lipinski definition) is 2. The van der Waals surface area contributed by atoms with Gasteiger partial charge < -0.3 is 5.73 Å². The van der Waals surface area contributed by atoms with Crippen molar-refractivity contribution >= 4 is 23.4 Å². The molecule has 0 aliphatic heterocycles. The predicted octanol–water partition coefficient (Wildman–Crippen LogP) is 1.21. The number of nitrogen functional groups attached to an aromatic ring is 1. The van der Waals surface area contributed by atoms with Gasteiger partial charge in [-0.1, -0.05) is 17.8 Å². The van der Waals surface area contributed by atoms with Crippen molar-refractivity contribution in [3.8, 4) is 11.4 Å². The number of carbonyl (C=O) groups is 1. The van der Waals surface area contributed by atoms with Crippen molar-refractivity contribution < 1.29 is 9.18 Å². The number of ketones is 1. The van der Waals surface area contributed by atoms with E-state index in [1.165, 1.54) is 19.2 Å². The lowest BCUT2D eigenvalue weighted by Gasteiger charge is -2.09. The van der Waals surface area contributed by atoms with Crippen molar-refractivity contribution in [2.45, 2.75) is 11.7 Å². The Balaban J connectivity index is 1.88. The Morgan fingerprint density at radius 3 is 2.66 bits per heavy atom. The topological polar surface area (TPSA) is 129 Å². The van der Waals surface area contributed by atoms with Crippen LogP contribution in [0.3, 0.4) is 0 Å². The van der Waals surface area contributed by atoms with E-state index in [-0.39, 0.29) is 23.0 Å². The molecule has 0 aliphatic carbocycles. The first-order valence-electron chi connectivity index (χ1n) is 8.38. The van der Waals surface area contributed by atoms with Gasteiger partial charge in [0.05, 0.1) is 5.75 Å². The van der Waals surface area contributed by atoms with Gasteiger partial charge in [-0.05, 0) is 24.3 Å². The Morgan fingerprint density at radius 2 is 2.00 bits per heavy atom. The molecule has 3 N–H and O–H groups in total. The van der Waals surface area contributed by atoms with Crippen LogP contribution in [-0.2, 0) is 13.6 Å². The molecule has 0 bridgehead atoms. The number of allylic oxidation sites excluding steroid dienone is 1. The number of nitrogens with zero attached hydrogens (tertiary/aromatic N) is 4. The van der Waals surface area contributed by atoms with Gasteiger partial charge >= 0.3 is 5.69 Å². The minimum absolute atomic E-state index is 0.149. The summed E-state index contributed by atoms with van der Waals surface area (Å²) in [7, 11) is 1.35. The average molecular weight is 416 g/mol. The summed E-state index contributed by atoms with van der Waals surface area (Å²) in [5.41, 5.74) is 4.59. The lowest BCUT2D eigenvalue weighted by atomic mass is 10.2. The Hall–Kier alpha value is -3.47. The van der Waals surface area contributed by atoms with Crippen LogP contribution in [0.2, 0.25) is 0 Å². The molecule has 0 amide bonds. The summed E-state index contributed by atoms with van der Waals surface area (Å²) in [5.74, 6) is -0.794. The molecule has 150 valence electrons. The molecule has 3 rings (SSSR count). The van der Waals surface area contributed by atoms with E-state index >= 15 is 0 Å². The monoisotopic (exact) mass is 416 g/mol. The molecule has 0 atom stereocenters. The number of aromatic amines is 1. The highest BCUT2D eigenvalue weighted by atomic mass is 32.2. The molecular formula is C18H17FN6O3S. The first-order valence-corrected chi connectivity index (χ1v) is 9.36. The molecule has 0 unspecified atom stereocenters. The van der Waals surface area contributed by atoms with Crippen LogP contribution in [0.5, 0.6) is 0 Å². The number of benzene rings is 1. The second-order valence-corrected chi connectivity index (χ2v) is 6.95. The lowest BCUT2D eigenvalue weighted by Crippen LogP contribution is -2.35. The van der Waals surface area contributed by atoms with Crippen LogP contribution in [0.25, 0.3) is 11.4 Å². The fourth-order valence-corrected chi connectivity index (χ4v) is 3.43. The van der Waals surface area contributed by atoms with Gasteiger partial charge in [0, 0.05) is 19.2 Å². The molecule has 29 heavy (non-hydrogen) atoms. The highest BCUT2D eigenvalue weighted by molar-refractivity contribution is 7.99. The van der Waals surface area contributed by atoms with E-state index in [1.807, 2.05) is 0 Å². The average Bonchev–Trinajstić information content (AvgIpc) is 3.08. The van der Waals surface area contributed by atoms with Gasteiger partial charge in [-0.3, -0.25) is 23.7 Å². The van der Waals surface area contributed by atoms with Gasteiger partial charge in [0.1, 0.15) is 17.2 Å². The van der Waals surface area contributed by atoms with E-state index in [4.69, 9.17) is 5.73 Å². The van der Waals surface area contributed by atoms with Crippen LogP contribution in [0, 0.1) is 5.82 Å². The molecule has 2 heterocycles. The zero-order valence-electron chi connectivity index (χ0n) is 15.4. The number of nitrogens with one attached hydrogen (secondary N) is 1. The third kappa shape index (κ3) is 4.04. The second-order valence-electron chi connectivity index (χ2n) is 6.00. The van der Waals surface area contributed by atoms with Crippen molar-refractivity contribution in [1.82, 2.24) is 24.3 Å². The molecule has 3 aromatic rings. The maximum atomic E-state index is 13.2. The predicted molar refractivity (Wildman–Crippen MR) is 107 cm³/mol. The summed E-state index contributed by atoms with van der Waals surface area (Å²) in [5, 5.41) is 8.62. The number of carbonyl (C=O) groups excluding carboxylic acids is 1. The molecule has 2 aromatic heterocycles. The van der Waals surface area contributed by atoms with E-state index in [0.29, 0.717) is 23.1 Å². The zero-order valence-corrected chi connectivity index (χ0v) is 16.2. The summed E-state index contributed by atoms with van der Waals surface area (Å²) < 4.78 is 15.9. The SMILES string of the molecule is C=CCn1c(SCC(=O)c2c(N)n(C)c(=O)[nH]c2=O)nnc1-c1ccc(F)cc1. The fourth-order valence-electron chi connectivity index (χ4n) is 2.61. The molecule has 0 aliphatic rings. The number of thioether (sulfide) groups is 1. The molecule has 0 fully saturated rings. The molecule has 0 saturated heterocycles. The third-order valence-electron chi connectivity index (χ3n) is 4.11. The summed E-state index contributed by atoms with van der Waals surface area (Å²) in [6.07, 6.45) is 1.64. The van der Waals surface area contributed by atoms with Gasteiger partial charge in [-0.15, -0.1) is 16.8 Å². The minimum Gasteiger partial charge on any atom is -0.384 e. The number of Topliss-reactive ketones (excluding diaryl/α,β-unsaturated/α-hetero) is 1. The first kappa shape index (κ1) is 20.3. The van der Waals surface area contributed by atoms with Gasteiger partial charge in [0.15, 0.2) is 16.8 Å². The molecule has 0 radical (unpaired) electrons. The van der Waals surface area contributed by atoms with E-state index in [1.54, 1.807) is 22.8 Å². The van der Waals surface area contributed by atoms with Crippen molar-refractivity contribution in [1.29, 1.82) is 0 Å². The van der Waals surface area contributed by atoms with Crippen molar-refractivity contribution in [2.75, 3.05) is 11.5 Å². The number of halogens is 1. The standard InChI is InChI=1S/C18H17FN6O3S/c1-3-8-25-15(10-4-6-11(19)7-5-10)22-23-18(25)29-9-12(26)13-14(20)24(2)17(28)21-16(13)27/h3-7H,1,8-9,20H2,2H3,(H,21,27,28). The maximum Gasteiger partial charge on any atom is 0.329 e. The number of rotatable bonds is 7. The molecular weight excluding hydrogens is 399 g/mol. The molecule has 11 heteroatoms. The van der Waals surface area contributed by atoms with Crippen LogP contribution in [0.15, 0.2) is 51.7 Å². The Labute approximate surface area is 168 Å². The minimum atomic E-state index is -0.837. The third-order valence-corrected chi connectivity index (χ3v) is 5.08. The van der Waals surface area contributed by atoms with Crippen molar-refractivity contribution in [3.05, 3.63) is 69.1 Å². The summed E-state index contributed by atoms with van der Waals surface area (Å²) in [4.78, 5) is 38.1. The molecule has 0 spiro atoms. The molecule has 1 aromatic carbocycles. The highest BCUT2D eigenvalue weighted by Gasteiger charge is 2.20. The molecule has 0 saturated carbocycles. The van der Waals surface area contributed by atoms with Gasteiger partial charge in [-0.25, -0.2) is 9.18 Å². The first-order chi connectivity index (χ1) is 13.8. The summed E-state index contributed by atoms with van der Waals surface area (Å²) in [6.45, 7) is 4.06. The lowest BCUT2D eigenvalue weighted by molar-refractivity contribution is 0.102. The number of aromatic nitrogens is 5. The van der Waals surface area contributed by atoms with Gasteiger partial charge in [0.25, 0.3) is 5.56 Å². The van der Waals surface area contributed by atoms with E-state index in [0.717, 1.165) is 16.3 Å². The molecule has 9 nitrogen and oxygen atoms in total. The maximum absolute atomic E-state index is 13.2. The smallest absolute Gasteiger partial charge is 0.329 e. The van der Waals surface area contributed by atoms with E-state index < -0.39 is 17.0 Å². The quantitative estimate of drug-likeness (QED) is 0.336. The highest BCUT2D eigenvalue weighted by Crippen LogP contribution is 2.25. The van der Waals surface area contributed by atoms with E-state index in [9.17, 15) is 18.8 Å². The Kier molecular flexibility index (Phi) is 5.78. The van der Waals surface area contributed by atoms with Crippen molar-refractivity contribution in [2.24, 2.45) is 7.05 Å². The van der Waals surface area contributed by atoms with Crippen LogP contribution in [-0.4, -0.2) is 35.9 Å². The van der Waals surface area contributed by atoms with Gasteiger partial charge in [-0.2, -0.15) is 0 Å².